The van der Waals surface area contributed by atoms with E-state index in [1.165, 1.54) is 23.9 Å². The molecule has 24 heavy (non-hydrogen) atoms. The van der Waals surface area contributed by atoms with E-state index in [2.05, 4.69) is 30.7 Å². The van der Waals surface area contributed by atoms with Gasteiger partial charge in [0.05, 0.1) is 21.2 Å². The van der Waals surface area contributed by atoms with Crippen LogP contribution in [0.5, 0.6) is 0 Å². The van der Waals surface area contributed by atoms with Crippen LogP contribution < -0.4 is 0 Å². The van der Waals surface area contributed by atoms with Crippen LogP contribution in [-0.4, -0.2) is 25.9 Å². The van der Waals surface area contributed by atoms with Gasteiger partial charge in [-0.2, -0.15) is 0 Å². The largest absolute Gasteiger partial charge is 0.333 e. The number of hydrogen-bond acceptors (Lipinski definition) is 5. The number of carbonyl (C=O) groups is 1. The maximum Gasteiger partial charge on any atom is 0.271 e. The number of aromatic amines is 1. The molecule has 126 valence electrons. The van der Waals surface area contributed by atoms with Gasteiger partial charge < -0.3 is 4.98 Å². The molecule has 2 saturated carbocycles. The lowest BCUT2D eigenvalue weighted by molar-refractivity contribution is -0.384. The van der Waals surface area contributed by atoms with E-state index in [0.717, 1.165) is 12.8 Å². The van der Waals surface area contributed by atoms with Crippen molar-refractivity contribution in [3.63, 3.8) is 0 Å². The molecule has 2 bridgehead atoms. The Morgan fingerprint density at radius 3 is 2.75 bits per heavy atom. The number of carbonyl (C=O) groups excluding carboxylic acids is 1. The highest BCUT2D eigenvalue weighted by atomic mass is 32.2. The zero-order valence-electron chi connectivity index (χ0n) is 13.8. The molecular formula is C17H19N3O3S. The number of aromatic nitrogens is 2. The standard InChI is InChI=1S/C17H19N3O3S/c1-16(2)10-6-7-17(16,3)14(13(10)21)24-15-18-11-5-4-9(20(22)23)8-12(11)19-15/h4-5,8,10,14H,6-7H2,1-3H3,(H,18,19). The van der Waals surface area contributed by atoms with Crippen molar-refractivity contribution in [1.29, 1.82) is 0 Å². The number of imidazole rings is 1. The van der Waals surface area contributed by atoms with Gasteiger partial charge in [0.25, 0.3) is 5.69 Å². The highest BCUT2D eigenvalue weighted by molar-refractivity contribution is 8.00. The molecule has 3 atom stereocenters. The predicted octanol–water partition coefficient (Wildman–Crippen LogP) is 3.96. The Morgan fingerprint density at radius 2 is 2.12 bits per heavy atom. The van der Waals surface area contributed by atoms with Crippen molar-refractivity contribution >= 4 is 34.3 Å². The van der Waals surface area contributed by atoms with Gasteiger partial charge >= 0.3 is 0 Å². The number of nitro benzene ring substituents is 1. The summed E-state index contributed by atoms with van der Waals surface area (Å²) in [6.45, 7) is 6.61. The van der Waals surface area contributed by atoms with Gasteiger partial charge in [0.2, 0.25) is 0 Å². The molecule has 0 amide bonds. The van der Waals surface area contributed by atoms with Crippen molar-refractivity contribution in [2.75, 3.05) is 0 Å². The van der Waals surface area contributed by atoms with Gasteiger partial charge in [-0.05, 0) is 29.7 Å². The number of nitrogens with zero attached hydrogens (tertiary/aromatic N) is 2. The fourth-order valence-electron chi connectivity index (χ4n) is 4.43. The van der Waals surface area contributed by atoms with Gasteiger partial charge in [0, 0.05) is 18.1 Å². The molecule has 4 rings (SSSR count). The Morgan fingerprint density at radius 1 is 1.38 bits per heavy atom. The first-order valence-corrected chi connectivity index (χ1v) is 8.96. The molecule has 2 fully saturated rings. The Labute approximate surface area is 143 Å². The number of nitrogens with one attached hydrogen (secondary N) is 1. The molecule has 2 aromatic rings. The molecule has 1 N–H and O–H groups in total. The first-order chi connectivity index (χ1) is 11.2. The number of non-ortho nitro benzene ring substituents is 1. The van der Waals surface area contributed by atoms with E-state index in [9.17, 15) is 14.9 Å². The normalized spacial score (nSPS) is 31.0. The first-order valence-electron chi connectivity index (χ1n) is 8.08. The number of Topliss-reactive ketones (excluding diaryl/α,β-unsaturated/α-hetero) is 1. The van der Waals surface area contributed by atoms with E-state index < -0.39 is 4.92 Å². The van der Waals surface area contributed by atoms with Crippen molar-refractivity contribution in [2.45, 2.75) is 44.0 Å². The second kappa shape index (κ2) is 4.81. The number of thioether (sulfide) groups is 1. The Bertz CT molecular complexity index is 875. The molecule has 3 unspecified atom stereocenters. The molecule has 2 aliphatic carbocycles. The fourth-order valence-corrected chi connectivity index (χ4v) is 5.94. The van der Waals surface area contributed by atoms with Crippen LogP contribution >= 0.6 is 11.8 Å². The van der Waals surface area contributed by atoms with Crippen LogP contribution in [0.1, 0.15) is 33.6 Å². The Kier molecular flexibility index (Phi) is 3.13. The van der Waals surface area contributed by atoms with Crippen LogP contribution in [0.4, 0.5) is 5.69 Å². The van der Waals surface area contributed by atoms with Gasteiger partial charge in [-0.1, -0.05) is 32.5 Å². The molecule has 0 aliphatic heterocycles. The summed E-state index contributed by atoms with van der Waals surface area (Å²) in [7, 11) is 0. The van der Waals surface area contributed by atoms with Gasteiger partial charge in [-0.15, -0.1) is 0 Å². The molecule has 1 aromatic heterocycles. The molecule has 1 aromatic carbocycles. The Balaban J connectivity index is 1.68. The second-order valence-corrected chi connectivity index (χ2v) is 8.72. The number of benzene rings is 1. The number of nitro groups is 1. The predicted molar refractivity (Wildman–Crippen MR) is 92.0 cm³/mol. The summed E-state index contributed by atoms with van der Waals surface area (Å²) in [4.78, 5) is 30.9. The van der Waals surface area contributed by atoms with Gasteiger partial charge in [0.1, 0.15) is 5.78 Å². The maximum atomic E-state index is 12.8. The molecule has 0 saturated heterocycles. The minimum atomic E-state index is -0.421. The quantitative estimate of drug-likeness (QED) is 0.672. The number of rotatable bonds is 3. The van der Waals surface area contributed by atoms with Crippen molar-refractivity contribution < 1.29 is 9.72 Å². The van der Waals surface area contributed by atoms with Crippen LogP contribution in [0.15, 0.2) is 23.4 Å². The van der Waals surface area contributed by atoms with E-state index in [4.69, 9.17) is 0 Å². The van der Waals surface area contributed by atoms with Crippen LogP contribution in [0.25, 0.3) is 11.0 Å². The molecular weight excluding hydrogens is 326 g/mol. The summed E-state index contributed by atoms with van der Waals surface area (Å²) >= 11 is 1.48. The second-order valence-electron chi connectivity index (χ2n) is 7.63. The summed E-state index contributed by atoms with van der Waals surface area (Å²) < 4.78 is 0. The molecule has 7 heteroatoms. The average molecular weight is 345 g/mol. The highest BCUT2D eigenvalue weighted by Crippen LogP contribution is 2.67. The lowest BCUT2D eigenvalue weighted by Gasteiger charge is -2.37. The number of ketones is 1. The van der Waals surface area contributed by atoms with E-state index in [0.29, 0.717) is 22.0 Å². The van der Waals surface area contributed by atoms with Gasteiger partial charge in [-0.25, -0.2) is 4.98 Å². The molecule has 1 heterocycles. The number of H-pyrrole nitrogens is 1. The van der Waals surface area contributed by atoms with E-state index in [-0.39, 0.29) is 27.7 Å². The highest BCUT2D eigenvalue weighted by Gasteiger charge is 2.66. The SMILES string of the molecule is CC1(C)C2CCC1(C)C(Sc1nc3ccc([N+](=O)[O-])cc3[nH]1)C2=O. The third-order valence-electron chi connectivity index (χ3n) is 6.36. The molecule has 2 aliphatic rings. The summed E-state index contributed by atoms with van der Waals surface area (Å²) in [5.41, 5.74) is 1.32. The minimum Gasteiger partial charge on any atom is -0.333 e. The third-order valence-corrected chi connectivity index (χ3v) is 7.76. The number of fused-ring (bicyclic) bond motifs is 3. The Hall–Kier alpha value is -1.89. The lowest BCUT2D eigenvalue weighted by atomic mass is 9.71. The summed E-state index contributed by atoms with van der Waals surface area (Å²) in [6.07, 6.45) is 2.03. The van der Waals surface area contributed by atoms with Crippen molar-refractivity contribution in [2.24, 2.45) is 16.7 Å². The van der Waals surface area contributed by atoms with Crippen molar-refractivity contribution in [3.05, 3.63) is 28.3 Å². The maximum absolute atomic E-state index is 12.8. The van der Waals surface area contributed by atoms with Crippen LogP contribution in [-0.2, 0) is 4.79 Å². The third kappa shape index (κ3) is 1.90. The summed E-state index contributed by atoms with van der Waals surface area (Å²) in [5, 5.41) is 11.4. The molecule has 0 spiro atoms. The van der Waals surface area contributed by atoms with Crippen LogP contribution in [0, 0.1) is 26.9 Å². The van der Waals surface area contributed by atoms with Gasteiger partial charge in [0.15, 0.2) is 5.16 Å². The van der Waals surface area contributed by atoms with Crippen molar-refractivity contribution in [3.8, 4) is 0 Å². The van der Waals surface area contributed by atoms with Crippen molar-refractivity contribution in [1.82, 2.24) is 9.97 Å². The van der Waals surface area contributed by atoms with E-state index in [1.54, 1.807) is 6.07 Å². The van der Waals surface area contributed by atoms with E-state index in [1.807, 2.05) is 0 Å². The zero-order chi connectivity index (χ0) is 17.3. The first kappa shape index (κ1) is 15.6. The number of hydrogen-bond donors (Lipinski definition) is 1. The van der Waals surface area contributed by atoms with E-state index >= 15 is 0 Å². The summed E-state index contributed by atoms with van der Waals surface area (Å²) in [6, 6.07) is 4.58. The van der Waals surface area contributed by atoms with Crippen LogP contribution in [0.2, 0.25) is 0 Å². The van der Waals surface area contributed by atoms with Gasteiger partial charge in [-0.3, -0.25) is 14.9 Å². The smallest absolute Gasteiger partial charge is 0.271 e. The average Bonchev–Trinajstić information content (AvgIpc) is 3.05. The van der Waals surface area contributed by atoms with Crippen LogP contribution in [0.3, 0.4) is 0 Å². The monoisotopic (exact) mass is 345 g/mol. The summed E-state index contributed by atoms with van der Waals surface area (Å²) in [5.74, 6) is 0.454. The zero-order valence-corrected chi connectivity index (χ0v) is 14.6. The molecule has 6 nitrogen and oxygen atoms in total. The molecule has 0 radical (unpaired) electrons. The topological polar surface area (TPSA) is 88.9 Å². The minimum absolute atomic E-state index is 0.00650. The lowest BCUT2D eigenvalue weighted by Crippen LogP contribution is -2.35. The fraction of sp³-hybridized carbons (Fsp3) is 0.529.